The van der Waals surface area contributed by atoms with Crippen LogP contribution in [0.5, 0.6) is 0 Å². The molecule has 0 bridgehead atoms. The fraction of sp³-hybridized carbons (Fsp3) is 0.190. The highest BCUT2D eigenvalue weighted by Crippen LogP contribution is 2.35. The minimum absolute atomic E-state index is 0.103. The summed E-state index contributed by atoms with van der Waals surface area (Å²) in [5, 5.41) is 1.98. The van der Waals surface area contributed by atoms with Crippen LogP contribution in [0.25, 0.3) is 6.08 Å². The van der Waals surface area contributed by atoms with E-state index in [2.05, 4.69) is 43.9 Å². The number of ketones is 1. The third-order valence-corrected chi connectivity index (χ3v) is 6.85. The molecule has 0 fully saturated rings. The van der Waals surface area contributed by atoms with E-state index in [-0.39, 0.29) is 11.7 Å². The Labute approximate surface area is 149 Å². The number of carbonyl (C=O) groups excluding carboxylic acids is 1. The fourth-order valence-electron chi connectivity index (χ4n) is 3.12. The van der Waals surface area contributed by atoms with Gasteiger partial charge in [-0.1, -0.05) is 85.0 Å². The Balaban J connectivity index is 2.19. The summed E-state index contributed by atoms with van der Waals surface area (Å²) in [7, 11) is -1.68. The summed E-state index contributed by atoms with van der Waals surface area (Å²) in [6.07, 6.45) is 6.19. The van der Waals surface area contributed by atoms with E-state index in [1.54, 1.807) is 0 Å². The van der Waals surface area contributed by atoms with E-state index in [1.165, 1.54) is 10.8 Å². The molecule has 0 N–H and O–H groups in total. The fourth-order valence-corrected chi connectivity index (χ4v) is 5.01. The van der Waals surface area contributed by atoms with E-state index in [1.807, 2.05) is 42.5 Å². The molecule has 122 valence electrons. The van der Waals surface area contributed by atoms with Crippen molar-refractivity contribution in [1.82, 2.24) is 0 Å². The van der Waals surface area contributed by atoms with Crippen molar-refractivity contribution in [2.45, 2.75) is 25.6 Å². The molecule has 2 aromatic rings. The van der Waals surface area contributed by atoms with Crippen molar-refractivity contribution >= 4 is 31.5 Å². The zero-order chi connectivity index (χ0) is 17.3. The van der Waals surface area contributed by atoms with Gasteiger partial charge in [0.05, 0.1) is 8.07 Å². The molecule has 0 heterocycles. The van der Waals surface area contributed by atoms with Gasteiger partial charge in [-0.25, -0.2) is 0 Å². The van der Waals surface area contributed by atoms with E-state index in [0.29, 0.717) is 0 Å². The molecule has 0 amide bonds. The third kappa shape index (κ3) is 3.45. The largest absolute Gasteiger partial charge is 0.289 e. The lowest BCUT2D eigenvalue weighted by molar-refractivity contribution is 0.104. The predicted octanol–water partition coefficient (Wildman–Crippen LogP) is 6.14. The van der Waals surface area contributed by atoms with E-state index in [0.717, 1.165) is 16.1 Å². The molecule has 1 aliphatic carbocycles. The van der Waals surface area contributed by atoms with E-state index in [4.69, 9.17) is 11.6 Å². The van der Waals surface area contributed by atoms with Gasteiger partial charge in [0.15, 0.2) is 5.78 Å². The van der Waals surface area contributed by atoms with E-state index < -0.39 is 8.07 Å². The highest BCUT2D eigenvalue weighted by molar-refractivity contribution is 6.83. The standard InChI is InChI=1S/C21H21ClOSi/c1-24(2,3)21-14-20(23)18-7-5-4-6-15(18)10-13-19(21)16-8-11-17(22)12-9-16/h4-14,19H,1-3H3/b13-10-,21-14+. The van der Waals surface area contributed by atoms with Gasteiger partial charge in [-0.05, 0) is 29.3 Å². The molecule has 1 atom stereocenters. The number of fused-ring (bicyclic) bond motifs is 1. The summed E-state index contributed by atoms with van der Waals surface area (Å²) in [6.45, 7) is 6.86. The second-order valence-electron chi connectivity index (χ2n) is 7.19. The number of benzene rings is 2. The van der Waals surface area contributed by atoms with Gasteiger partial charge in [0.25, 0.3) is 0 Å². The molecule has 24 heavy (non-hydrogen) atoms. The maximum atomic E-state index is 12.8. The van der Waals surface area contributed by atoms with E-state index >= 15 is 0 Å². The normalized spacial score (nSPS) is 21.2. The minimum Gasteiger partial charge on any atom is -0.289 e. The SMILES string of the molecule is C[Si](C)(C)/C1=C/C(=O)c2ccccc2/C=C\C1c1ccc(Cl)cc1. The molecule has 0 saturated carbocycles. The van der Waals surface area contributed by atoms with Crippen molar-refractivity contribution in [2.75, 3.05) is 0 Å². The molecule has 1 aliphatic rings. The van der Waals surface area contributed by atoms with Crippen LogP contribution in [0.15, 0.2) is 65.9 Å². The Hall–Kier alpha value is -1.90. The number of halogens is 1. The van der Waals surface area contributed by atoms with Crippen molar-refractivity contribution in [1.29, 1.82) is 0 Å². The van der Waals surface area contributed by atoms with Gasteiger partial charge < -0.3 is 0 Å². The second kappa shape index (κ2) is 6.54. The second-order valence-corrected chi connectivity index (χ2v) is 12.7. The monoisotopic (exact) mass is 352 g/mol. The molecule has 2 aromatic carbocycles. The van der Waals surface area contributed by atoms with Crippen LogP contribution in [-0.4, -0.2) is 13.9 Å². The molecule has 0 aliphatic heterocycles. The average Bonchev–Trinajstić information content (AvgIpc) is 2.53. The quantitative estimate of drug-likeness (QED) is 0.593. The molecule has 3 rings (SSSR count). The van der Waals surface area contributed by atoms with Crippen molar-refractivity contribution < 1.29 is 4.79 Å². The van der Waals surface area contributed by atoms with Crippen LogP contribution in [0, 0.1) is 0 Å². The van der Waals surface area contributed by atoms with Crippen LogP contribution >= 0.6 is 11.6 Å². The summed E-state index contributed by atoms with van der Waals surface area (Å²) >= 11 is 6.05. The van der Waals surface area contributed by atoms with Gasteiger partial charge in [-0.3, -0.25) is 4.79 Å². The van der Waals surface area contributed by atoms with Crippen molar-refractivity contribution in [2.24, 2.45) is 0 Å². The molecule has 0 spiro atoms. The summed E-state index contributed by atoms with van der Waals surface area (Å²) < 4.78 is 0. The van der Waals surface area contributed by atoms with Crippen LogP contribution in [0.4, 0.5) is 0 Å². The lowest BCUT2D eigenvalue weighted by Crippen LogP contribution is -2.29. The summed E-state index contributed by atoms with van der Waals surface area (Å²) in [5.41, 5.74) is 2.93. The molecular formula is C21H21ClOSi. The Kier molecular flexibility index (Phi) is 4.61. The zero-order valence-corrected chi connectivity index (χ0v) is 16.0. The first-order chi connectivity index (χ1) is 11.4. The van der Waals surface area contributed by atoms with E-state index in [9.17, 15) is 4.79 Å². The zero-order valence-electron chi connectivity index (χ0n) is 14.2. The number of rotatable bonds is 2. The predicted molar refractivity (Wildman–Crippen MR) is 105 cm³/mol. The smallest absolute Gasteiger partial charge is 0.186 e. The lowest BCUT2D eigenvalue weighted by atomic mass is 9.92. The molecule has 3 heteroatoms. The van der Waals surface area contributed by atoms with Crippen molar-refractivity contribution in [3.05, 3.63) is 87.6 Å². The van der Waals surface area contributed by atoms with Gasteiger partial charge in [-0.15, -0.1) is 0 Å². The Bertz CT molecular complexity index is 826. The van der Waals surface area contributed by atoms with Gasteiger partial charge in [0.2, 0.25) is 0 Å². The first-order valence-electron chi connectivity index (χ1n) is 8.15. The third-order valence-electron chi connectivity index (χ3n) is 4.41. The van der Waals surface area contributed by atoms with Gasteiger partial charge >= 0.3 is 0 Å². The summed E-state index contributed by atoms with van der Waals surface area (Å²) in [5.74, 6) is 0.220. The molecule has 1 unspecified atom stereocenters. The summed E-state index contributed by atoms with van der Waals surface area (Å²) in [6, 6.07) is 15.7. The van der Waals surface area contributed by atoms with Crippen LogP contribution < -0.4 is 0 Å². The maximum absolute atomic E-state index is 12.8. The maximum Gasteiger partial charge on any atom is 0.186 e. The Morgan fingerprint density at radius 2 is 1.62 bits per heavy atom. The Morgan fingerprint density at radius 1 is 0.958 bits per heavy atom. The molecular weight excluding hydrogens is 332 g/mol. The number of hydrogen-bond acceptors (Lipinski definition) is 1. The van der Waals surface area contributed by atoms with Crippen LogP contribution in [-0.2, 0) is 0 Å². The average molecular weight is 353 g/mol. The lowest BCUT2D eigenvalue weighted by Gasteiger charge is -2.29. The number of hydrogen-bond donors (Lipinski definition) is 0. The first kappa shape index (κ1) is 16.9. The van der Waals surface area contributed by atoms with Crippen molar-refractivity contribution in [3.8, 4) is 0 Å². The van der Waals surface area contributed by atoms with Crippen LogP contribution in [0.3, 0.4) is 0 Å². The van der Waals surface area contributed by atoms with Crippen LogP contribution in [0.1, 0.15) is 27.4 Å². The molecule has 0 radical (unpaired) electrons. The topological polar surface area (TPSA) is 17.1 Å². The Morgan fingerprint density at radius 3 is 2.29 bits per heavy atom. The van der Waals surface area contributed by atoms with Crippen LogP contribution in [0.2, 0.25) is 24.7 Å². The molecule has 0 saturated heterocycles. The number of allylic oxidation sites excluding steroid dienone is 3. The highest BCUT2D eigenvalue weighted by atomic mass is 35.5. The highest BCUT2D eigenvalue weighted by Gasteiger charge is 2.29. The molecule has 0 aromatic heterocycles. The minimum atomic E-state index is -1.68. The van der Waals surface area contributed by atoms with Gasteiger partial charge in [0, 0.05) is 16.5 Å². The van der Waals surface area contributed by atoms with Gasteiger partial charge in [0.1, 0.15) is 0 Å². The number of carbonyl (C=O) groups is 1. The van der Waals surface area contributed by atoms with Crippen molar-refractivity contribution in [3.63, 3.8) is 0 Å². The van der Waals surface area contributed by atoms with Gasteiger partial charge in [-0.2, -0.15) is 0 Å². The molecule has 1 nitrogen and oxygen atoms in total. The first-order valence-corrected chi connectivity index (χ1v) is 12.0. The summed E-state index contributed by atoms with van der Waals surface area (Å²) in [4.78, 5) is 12.8.